The summed E-state index contributed by atoms with van der Waals surface area (Å²) in [6.07, 6.45) is 6.52. The molecular formula is C17H24BrNO4S. The average molecular weight is 418 g/mol. The lowest BCUT2D eigenvalue weighted by Crippen LogP contribution is -2.49. The van der Waals surface area contributed by atoms with Gasteiger partial charge in [-0.05, 0) is 53.6 Å². The minimum absolute atomic E-state index is 0.137. The van der Waals surface area contributed by atoms with Gasteiger partial charge >= 0.3 is 0 Å². The first-order chi connectivity index (χ1) is 11.5. The Bertz CT molecular complexity index is 705. The van der Waals surface area contributed by atoms with Crippen LogP contribution in [0.4, 0.5) is 0 Å². The molecule has 0 aromatic heterocycles. The van der Waals surface area contributed by atoms with Crippen molar-refractivity contribution in [3.05, 3.63) is 16.6 Å². The van der Waals surface area contributed by atoms with Crippen molar-refractivity contribution in [2.24, 2.45) is 5.92 Å². The fourth-order valence-corrected chi connectivity index (χ4v) is 6.79. The fourth-order valence-electron chi connectivity index (χ4n) is 4.04. The van der Waals surface area contributed by atoms with Crippen molar-refractivity contribution in [2.75, 3.05) is 20.8 Å². The Morgan fingerprint density at radius 2 is 1.67 bits per heavy atom. The number of rotatable bonds is 4. The van der Waals surface area contributed by atoms with Gasteiger partial charge in [-0.2, -0.15) is 4.31 Å². The minimum atomic E-state index is -3.57. The predicted molar refractivity (Wildman–Crippen MR) is 96.1 cm³/mol. The largest absolute Gasteiger partial charge is 0.493 e. The molecule has 3 rings (SSSR count). The van der Waals surface area contributed by atoms with E-state index in [-0.39, 0.29) is 10.9 Å². The Hall–Kier alpha value is -0.790. The van der Waals surface area contributed by atoms with Gasteiger partial charge in [0.1, 0.15) is 4.90 Å². The van der Waals surface area contributed by atoms with Crippen LogP contribution >= 0.6 is 15.9 Å². The lowest BCUT2D eigenvalue weighted by atomic mass is 9.79. The third-order valence-corrected chi connectivity index (χ3v) is 8.10. The van der Waals surface area contributed by atoms with E-state index >= 15 is 0 Å². The van der Waals surface area contributed by atoms with Crippen molar-refractivity contribution < 1.29 is 17.9 Å². The molecule has 1 aromatic rings. The Morgan fingerprint density at radius 1 is 1.04 bits per heavy atom. The van der Waals surface area contributed by atoms with Crippen LogP contribution in [0.3, 0.4) is 0 Å². The molecule has 7 heteroatoms. The van der Waals surface area contributed by atoms with Crippen molar-refractivity contribution in [1.29, 1.82) is 0 Å². The SMILES string of the molecule is COc1cc(Br)c(S(=O)(=O)N2CCC[C@@H]3CCCC[C@H]32)cc1OC. The number of sulfonamides is 1. The lowest BCUT2D eigenvalue weighted by molar-refractivity contribution is 0.129. The number of hydrogen-bond donors (Lipinski definition) is 0. The van der Waals surface area contributed by atoms with Crippen LogP contribution in [0.15, 0.2) is 21.5 Å². The van der Waals surface area contributed by atoms with Crippen molar-refractivity contribution in [3.8, 4) is 11.5 Å². The van der Waals surface area contributed by atoms with Crippen LogP contribution in [0.2, 0.25) is 0 Å². The molecule has 1 aliphatic carbocycles. The van der Waals surface area contributed by atoms with E-state index in [9.17, 15) is 8.42 Å². The summed E-state index contributed by atoms with van der Waals surface area (Å²) in [6, 6.07) is 3.36. The highest BCUT2D eigenvalue weighted by Crippen LogP contribution is 2.41. The zero-order valence-corrected chi connectivity index (χ0v) is 16.5. The zero-order chi connectivity index (χ0) is 17.3. The second kappa shape index (κ2) is 7.22. The molecule has 1 saturated heterocycles. The molecule has 2 aliphatic rings. The van der Waals surface area contributed by atoms with Crippen LogP contribution in [0.25, 0.3) is 0 Å². The number of methoxy groups -OCH3 is 2. The molecule has 0 spiro atoms. The van der Waals surface area contributed by atoms with Gasteiger partial charge in [-0.1, -0.05) is 12.8 Å². The average Bonchev–Trinajstić information content (AvgIpc) is 2.60. The number of halogens is 1. The molecule has 0 N–H and O–H groups in total. The van der Waals surface area contributed by atoms with Crippen LogP contribution in [0.1, 0.15) is 38.5 Å². The monoisotopic (exact) mass is 417 g/mol. The van der Waals surface area contributed by atoms with E-state index in [0.717, 1.165) is 32.1 Å². The van der Waals surface area contributed by atoms with Gasteiger partial charge in [0.15, 0.2) is 11.5 Å². The Balaban J connectivity index is 2.00. The summed E-state index contributed by atoms with van der Waals surface area (Å²) < 4.78 is 39.4. The summed E-state index contributed by atoms with van der Waals surface area (Å²) >= 11 is 3.40. The highest BCUT2D eigenvalue weighted by atomic mass is 79.9. The van der Waals surface area contributed by atoms with Gasteiger partial charge in [-0.25, -0.2) is 8.42 Å². The molecule has 0 radical (unpaired) electrons. The van der Waals surface area contributed by atoms with Gasteiger partial charge in [-0.15, -0.1) is 0 Å². The quantitative estimate of drug-likeness (QED) is 0.746. The van der Waals surface area contributed by atoms with Crippen LogP contribution in [-0.2, 0) is 10.0 Å². The molecule has 1 heterocycles. The number of hydrogen-bond acceptors (Lipinski definition) is 4. The molecule has 134 valence electrons. The van der Waals surface area contributed by atoms with Crippen LogP contribution < -0.4 is 9.47 Å². The Kier molecular flexibility index (Phi) is 5.42. The first kappa shape index (κ1) is 18.0. The number of nitrogens with zero attached hydrogens (tertiary/aromatic N) is 1. The van der Waals surface area contributed by atoms with Crippen molar-refractivity contribution in [1.82, 2.24) is 4.31 Å². The molecular weight excluding hydrogens is 394 g/mol. The molecule has 1 saturated carbocycles. The molecule has 2 fully saturated rings. The van der Waals surface area contributed by atoms with Crippen molar-refractivity contribution >= 4 is 26.0 Å². The standard InChI is InChI=1S/C17H24BrNO4S/c1-22-15-10-13(18)17(11-16(15)23-2)24(20,21)19-9-5-7-12-6-3-4-8-14(12)19/h10-12,14H,3-9H2,1-2H3/t12-,14+/m0/s1. The normalized spacial score (nSPS) is 25.1. The van der Waals surface area contributed by atoms with Crippen molar-refractivity contribution in [2.45, 2.75) is 49.5 Å². The third kappa shape index (κ3) is 3.18. The lowest BCUT2D eigenvalue weighted by Gasteiger charge is -2.43. The zero-order valence-electron chi connectivity index (χ0n) is 14.1. The maximum atomic E-state index is 13.3. The summed E-state index contributed by atoms with van der Waals surface area (Å²) in [5.41, 5.74) is 0. The highest BCUT2D eigenvalue weighted by Gasteiger charge is 2.40. The number of piperidine rings is 1. The number of ether oxygens (including phenoxy) is 2. The first-order valence-electron chi connectivity index (χ1n) is 8.42. The fraction of sp³-hybridized carbons (Fsp3) is 0.647. The smallest absolute Gasteiger partial charge is 0.244 e. The third-order valence-electron chi connectivity index (χ3n) is 5.22. The van der Waals surface area contributed by atoms with Gasteiger partial charge in [0.2, 0.25) is 10.0 Å². The number of benzene rings is 1. The summed E-state index contributed by atoms with van der Waals surface area (Å²) in [4.78, 5) is 0.256. The van der Waals surface area contributed by atoms with E-state index in [1.807, 2.05) is 0 Å². The van der Waals surface area contributed by atoms with E-state index in [1.165, 1.54) is 20.6 Å². The van der Waals surface area contributed by atoms with E-state index in [1.54, 1.807) is 16.4 Å². The van der Waals surface area contributed by atoms with E-state index in [4.69, 9.17) is 9.47 Å². The molecule has 0 amide bonds. The van der Waals surface area contributed by atoms with Gasteiger partial charge in [0.25, 0.3) is 0 Å². The summed E-state index contributed by atoms with van der Waals surface area (Å²) in [7, 11) is -0.518. The van der Waals surface area contributed by atoms with Gasteiger partial charge in [-0.3, -0.25) is 0 Å². The maximum Gasteiger partial charge on any atom is 0.244 e. The van der Waals surface area contributed by atoms with E-state index < -0.39 is 10.0 Å². The summed E-state index contributed by atoms with van der Waals surface area (Å²) in [5.74, 6) is 1.44. The molecule has 1 aliphatic heterocycles. The molecule has 1 aromatic carbocycles. The Labute approximate surface area is 152 Å². The van der Waals surface area contributed by atoms with Gasteiger partial charge < -0.3 is 9.47 Å². The van der Waals surface area contributed by atoms with Crippen molar-refractivity contribution in [3.63, 3.8) is 0 Å². The maximum absolute atomic E-state index is 13.3. The van der Waals surface area contributed by atoms with E-state index in [2.05, 4.69) is 15.9 Å². The minimum Gasteiger partial charge on any atom is -0.493 e. The summed E-state index contributed by atoms with van der Waals surface area (Å²) in [6.45, 7) is 0.601. The molecule has 0 unspecified atom stereocenters. The Morgan fingerprint density at radius 3 is 2.38 bits per heavy atom. The van der Waals surface area contributed by atoms with Crippen LogP contribution in [-0.4, -0.2) is 39.5 Å². The molecule has 24 heavy (non-hydrogen) atoms. The highest BCUT2D eigenvalue weighted by molar-refractivity contribution is 9.10. The second-order valence-electron chi connectivity index (χ2n) is 6.51. The van der Waals surface area contributed by atoms with Gasteiger partial charge in [0.05, 0.1) is 14.2 Å². The predicted octanol–water partition coefficient (Wildman–Crippen LogP) is 3.81. The molecule has 0 bridgehead atoms. The van der Waals surface area contributed by atoms with Gasteiger partial charge in [0, 0.05) is 23.1 Å². The van der Waals surface area contributed by atoms with Crippen LogP contribution in [0.5, 0.6) is 11.5 Å². The van der Waals surface area contributed by atoms with Crippen LogP contribution in [0, 0.1) is 5.92 Å². The topological polar surface area (TPSA) is 55.8 Å². The van der Waals surface area contributed by atoms with E-state index in [0.29, 0.717) is 28.4 Å². The second-order valence-corrected chi connectivity index (χ2v) is 9.22. The molecule has 5 nitrogen and oxygen atoms in total. The number of fused-ring (bicyclic) bond motifs is 1. The first-order valence-corrected chi connectivity index (χ1v) is 10.7. The summed E-state index contributed by atoms with van der Waals surface area (Å²) in [5, 5.41) is 0. The molecule has 2 atom stereocenters.